The third kappa shape index (κ3) is 5.90. The topological polar surface area (TPSA) is 27.6 Å². The summed E-state index contributed by atoms with van der Waals surface area (Å²) in [5, 5.41) is 3.28. The van der Waals surface area contributed by atoms with E-state index in [1.54, 1.807) is 0 Å². The Morgan fingerprint density at radius 1 is 1.35 bits per heavy atom. The Bertz CT molecular complexity index is 502. The fourth-order valence-electron chi connectivity index (χ4n) is 2.85. The van der Waals surface area contributed by atoms with E-state index in [-0.39, 0.29) is 36.0 Å². The van der Waals surface area contributed by atoms with Crippen LogP contribution in [0.3, 0.4) is 0 Å². The van der Waals surface area contributed by atoms with Crippen LogP contribution in [0.2, 0.25) is 0 Å². The van der Waals surface area contributed by atoms with Crippen LogP contribution in [-0.4, -0.2) is 37.0 Å². The average molecular weight is 437 g/mol. The zero-order chi connectivity index (χ0) is 15.9. The summed E-state index contributed by atoms with van der Waals surface area (Å²) < 4.78 is 27.2. The number of benzene rings is 1. The van der Waals surface area contributed by atoms with Gasteiger partial charge in [-0.25, -0.2) is 8.78 Å². The van der Waals surface area contributed by atoms with Gasteiger partial charge in [-0.05, 0) is 44.2 Å². The summed E-state index contributed by atoms with van der Waals surface area (Å²) in [6.45, 7) is 7.41. The number of likely N-dealkylation sites (tertiary alicyclic amines) is 1. The van der Waals surface area contributed by atoms with Crippen LogP contribution in [-0.2, 0) is 6.42 Å². The van der Waals surface area contributed by atoms with E-state index in [4.69, 9.17) is 0 Å². The average Bonchev–Trinajstić information content (AvgIpc) is 2.49. The highest BCUT2D eigenvalue weighted by Gasteiger charge is 2.19. The Hall–Kier alpha value is -0.920. The summed E-state index contributed by atoms with van der Waals surface area (Å²) in [6, 6.07) is 3.97. The molecule has 3 nitrogen and oxygen atoms in total. The first-order chi connectivity index (χ1) is 10.6. The molecule has 1 aliphatic rings. The molecule has 130 valence electrons. The third-order valence-electron chi connectivity index (χ3n) is 3.98. The molecule has 0 saturated carbocycles. The lowest BCUT2D eigenvalue weighted by atomic mass is 10.0. The lowest BCUT2D eigenvalue weighted by Gasteiger charge is -2.33. The molecule has 23 heavy (non-hydrogen) atoms. The molecule has 1 atom stereocenters. The summed E-state index contributed by atoms with van der Waals surface area (Å²) in [6.07, 6.45) is 2.68. The number of nitrogens with one attached hydrogen (secondary N) is 1. The van der Waals surface area contributed by atoms with Gasteiger partial charge in [-0.15, -0.1) is 24.0 Å². The molecule has 1 fully saturated rings. The van der Waals surface area contributed by atoms with Crippen molar-refractivity contribution in [1.82, 2.24) is 10.2 Å². The number of halogens is 3. The van der Waals surface area contributed by atoms with Crippen molar-refractivity contribution >= 4 is 29.9 Å². The lowest BCUT2D eigenvalue weighted by Crippen LogP contribution is -2.46. The second-order valence-electron chi connectivity index (χ2n) is 5.88. The molecule has 1 heterocycles. The maximum absolute atomic E-state index is 13.6. The van der Waals surface area contributed by atoms with Gasteiger partial charge in [-0.1, -0.05) is 13.0 Å². The number of guanidine groups is 1. The minimum atomic E-state index is -0.494. The molecule has 0 aliphatic carbocycles. The molecule has 1 aromatic carbocycles. The van der Waals surface area contributed by atoms with Gasteiger partial charge in [0.25, 0.3) is 0 Å². The van der Waals surface area contributed by atoms with Crippen LogP contribution in [0.1, 0.15) is 32.3 Å². The van der Waals surface area contributed by atoms with E-state index >= 15 is 0 Å². The molecule has 0 aromatic heterocycles. The summed E-state index contributed by atoms with van der Waals surface area (Å²) in [7, 11) is 0. The molecule has 1 aromatic rings. The predicted molar refractivity (Wildman–Crippen MR) is 101 cm³/mol. The van der Waals surface area contributed by atoms with Crippen LogP contribution < -0.4 is 5.32 Å². The molecule has 0 spiro atoms. The predicted octanol–water partition coefficient (Wildman–Crippen LogP) is 3.82. The van der Waals surface area contributed by atoms with Gasteiger partial charge in [-0.2, -0.15) is 0 Å². The van der Waals surface area contributed by atoms with E-state index in [0.717, 1.165) is 32.0 Å². The van der Waals surface area contributed by atoms with E-state index in [2.05, 4.69) is 22.1 Å². The van der Waals surface area contributed by atoms with E-state index in [9.17, 15) is 8.78 Å². The van der Waals surface area contributed by atoms with E-state index in [1.165, 1.54) is 24.6 Å². The van der Waals surface area contributed by atoms with E-state index in [1.807, 2.05) is 6.92 Å². The van der Waals surface area contributed by atoms with Crippen LogP contribution in [0.15, 0.2) is 23.2 Å². The van der Waals surface area contributed by atoms with E-state index < -0.39 is 11.6 Å². The SMILES string of the molecule is CCNC(=NCCc1c(F)cccc1F)N1CCCC(C)C1.I. The Labute approximate surface area is 154 Å². The normalized spacial score (nSPS) is 18.5. The third-order valence-corrected chi connectivity index (χ3v) is 3.98. The highest BCUT2D eigenvalue weighted by Crippen LogP contribution is 2.16. The zero-order valence-corrected chi connectivity index (χ0v) is 16.1. The second-order valence-corrected chi connectivity index (χ2v) is 5.88. The molecule has 1 N–H and O–H groups in total. The minimum absolute atomic E-state index is 0. The van der Waals surface area contributed by atoms with Gasteiger partial charge in [0.15, 0.2) is 5.96 Å². The maximum atomic E-state index is 13.6. The highest BCUT2D eigenvalue weighted by molar-refractivity contribution is 14.0. The fraction of sp³-hybridized carbons (Fsp3) is 0.588. The lowest BCUT2D eigenvalue weighted by molar-refractivity contribution is 0.266. The highest BCUT2D eigenvalue weighted by atomic mass is 127. The van der Waals surface area contributed by atoms with Crippen LogP contribution in [0, 0.1) is 17.6 Å². The van der Waals surface area contributed by atoms with Crippen molar-refractivity contribution < 1.29 is 8.78 Å². The molecule has 1 unspecified atom stereocenters. The number of hydrogen-bond donors (Lipinski definition) is 1. The van der Waals surface area contributed by atoms with Gasteiger partial charge in [0.2, 0.25) is 0 Å². The first-order valence-electron chi connectivity index (χ1n) is 8.08. The van der Waals surface area contributed by atoms with Gasteiger partial charge < -0.3 is 10.2 Å². The van der Waals surface area contributed by atoms with Crippen LogP contribution in [0.5, 0.6) is 0 Å². The van der Waals surface area contributed by atoms with Crippen molar-refractivity contribution in [1.29, 1.82) is 0 Å². The largest absolute Gasteiger partial charge is 0.357 e. The van der Waals surface area contributed by atoms with Gasteiger partial charge in [-0.3, -0.25) is 4.99 Å². The second kappa shape index (κ2) is 10.1. The van der Waals surface area contributed by atoms with Crippen molar-refractivity contribution in [2.75, 3.05) is 26.2 Å². The first-order valence-corrected chi connectivity index (χ1v) is 8.08. The molecule has 1 saturated heterocycles. The summed E-state index contributed by atoms with van der Waals surface area (Å²) >= 11 is 0. The number of aliphatic imine (C=N–C) groups is 1. The van der Waals surface area contributed by atoms with Crippen molar-refractivity contribution in [3.8, 4) is 0 Å². The van der Waals surface area contributed by atoms with Crippen LogP contribution >= 0.6 is 24.0 Å². The molecular formula is C17H26F2IN3. The Morgan fingerprint density at radius 2 is 2.04 bits per heavy atom. The van der Waals surface area contributed by atoms with Gasteiger partial charge in [0, 0.05) is 31.7 Å². The van der Waals surface area contributed by atoms with Gasteiger partial charge in [0.1, 0.15) is 11.6 Å². The van der Waals surface area contributed by atoms with E-state index in [0.29, 0.717) is 12.5 Å². The quantitative estimate of drug-likeness (QED) is 0.441. The number of piperidine rings is 1. The molecule has 0 radical (unpaired) electrons. The monoisotopic (exact) mass is 437 g/mol. The fourth-order valence-corrected chi connectivity index (χ4v) is 2.85. The minimum Gasteiger partial charge on any atom is -0.357 e. The number of rotatable bonds is 4. The first kappa shape index (κ1) is 20.1. The standard InChI is InChI=1S/C17H25F2N3.HI/c1-3-20-17(22-11-5-6-13(2)12-22)21-10-9-14-15(18)7-4-8-16(14)19;/h4,7-8,13H,3,5-6,9-12H2,1-2H3,(H,20,21);1H. The Kier molecular flexibility index (Phi) is 8.79. The molecule has 0 bridgehead atoms. The molecule has 2 rings (SSSR count). The molecule has 1 aliphatic heterocycles. The maximum Gasteiger partial charge on any atom is 0.193 e. The number of nitrogens with zero attached hydrogens (tertiary/aromatic N) is 2. The zero-order valence-electron chi connectivity index (χ0n) is 13.8. The van der Waals surface area contributed by atoms with Crippen molar-refractivity contribution in [3.05, 3.63) is 35.4 Å². The molecule has 6 heteroatoms. The summed E-state index contributed by atoms with van der Waals surface area (Å²) in [5.74, 6) is 0.519. The van der Waals surface area contributed by atoms with Gasteiger partial charge >= 0.3 is 0 Å². The van der Waals surface area contributed by atoms with Crippen molar-refractivity contribution in [3.63, 3.8) is 0 Å². The smallest absolute Gasteiger partial charge is 0.193 e. The Balaban J connectivity index is 0.00000264. The van der Waals surface area contributed by atoms with Crippen LogP contribution in [0.25, 0.3) is 0 Å². The summed E-state index contributed by atoms with van der Waals surface area (Å²) in [5.41, 5.74) is 0.120. The van der Waals surface area contributed by atoms with Gasteiger partial charge in [0.05, 0.1) is 0 Å². The van der Waals surface area contributed by atoms with Crippen molar-refractivity contribution in [2.24, 2.45) is 10.9 Å². The number of hydrogen-bond acceptors (Lipinski definition) is 1. The van der Waals surface area contributed by atoms with Crippen LogP contribution in [0.4, 0.5) is 8.78 Å². The van der Waals surface area contributed by atoms with Crippen molar-refractivity contribution in [2.45, 2.75) is 33.1 Å². The summed E-state index contributed by atoms with van der Waals surface area (Å²) in [4.78, 5) is 6.79. The molecular weight excluding hydrogens is 411 g/mol. The molecule has 0 amide bonds. The Morgan fingerprint density at radius 3 is 2.65 bits per heavy atom.